The van der Waals surface area contributed by atoms with Crippen molar-refractivity contribution in [2.45, 2.75) is 17.1 Å². The molecule has 4 aromatic carbocycles. The van der Waals surface area contributed by atoms with E-state index in [9.17, 15) is 24.5 Å². The number of carbonyl (C=O) groups excluding carboxylic acids is 3. The van der Waals surface area contributed by atoms with Crippen molar-refractivity contribution >= 4 is 52.6 Å². The van der Waals surface area contributed by atoms with Gasteiger partial charge in [0.1, 0.15) is 17.2 Å². The summed E-state index contributed by atoms with van der Waals surface area (Å²) in [5.74, 6) is -0.214. The minimum atomic E-state index is -0.598. The van der Waals surface area contributed by atoms with Crippen LogP contribution < -0.4 is 25.4 Å². The molecule has 45 heavy (non-hydrogen) atoms. The summed E-state index contributed by atoms with van der Waals surface area (Å²) < 4.78 is 10.5. The van der Waals surface area contributed by atoms with Crippen molar-refractivity contribution in [1.82, 2.24) is 5.32 Å². The number of ether oxygens (including phenoxy) is 2. The maximum atomic E-state index is 13.3. The number of nitrogens with zero attached hydrogens (tertiary/aromatic N) is 1. The van der Waals surface area contributed by atoms with E-state index in [0.29, 0.717) is 34.0 Å². The minimum absolute atomic E-state index is 0.0596. The molecule has 0 aliphatic heterocycles. The van der Waals surface area contributed by atoms with Crippen LogP contribution in [0.15, 0.2) is 108 Å². The van der Waals surface area contributed by atoms with Gasteiger partial charge in [-0.05, 0) is 67.1 Å². The van der Waals surface area contributed by atoms with Crippen LogP contribution in [0.4, 0.5) is 17.1 Å². The Balaban J connectivity index is 1.44. The quantitative estimate of drug-likeness (QED) is 0.0735. The highest BCUT2D eigenvalue weighted by atomic mass is 32.2. The van der Waals surface area contributed by atoms with Gasteiger partial charge in [0.05, 0.1) is 24.4 Å². The highest BCUT2D eigenvalue weighted by molar-refractivity contribution is 8.00. The molecule has 1 unspecified atom stereocenters. The molecule has 4 aromatic rings. The van der Waals surface area contributed by atoms with Crippen molar-refractivity contribution in [3.8, 4) is 11.5 Å². The van der Waals surface area contributed by atoms with E-state index in [-0.39, 0.29) is 17.3 Å². The SMILES string of the molecule is COc1cc(NC(=O)C(C)Sc2ccc(NC(=O)/C(=C/c3ccc([N+](=O)[O-])cc3)NC(=O)c3ccccc3)cc2)cc(OC)c1. The molecular weight excluding hydrogens is 596 g/mol. The Hall–Kier alpha value is -5.62. The number of nitro benzene ring substituents is 1. The molecule has 3 N–H and O–H groups in total. The third-order valence-electron chi connectivity index (χ3n) is 6.36. The molecule has 0 saturated heterocycles. The van der Waals surface area contributed by atoms with Crippen molar-refractivity contribution in [1.29, 1.82) is 0 Å². The Labute approximate surface area is 263 Å². The van der Waals surface area contributed by atoms with E-state index in [0.717, 1.165) is 4.90 Å². The summed E-state index contributed by atoms with van der Waals surface area (Å²) in [6.07, 6.45) is 1.43. The number of hydrogen-bond acceptors (Lipinski definition) is 8. The molecule has 0 saturated carbocycles. The second-order valence-corrected chi connectivity index (χ2v) is 11.0. The highest BCUT2D eigenvalue weighted by Crippen LogP contribution is 2.29. The number of benzene rings is 4. The molecule has 11 nitrogen and oxygen atoms in total. The highest BCUT2D eigenvalue weighted by Gasteiger charge is 2.18. The van der Waals surface area contributed by atoms with Crippen LogP contribution in [-0.4, -0.2) is 42.1 Å². The van der Waals surface area contributed by atoms with E-state index >= 15 is 0 Å². The molecule has 1 atom stereocenters. The normalized spacial score (nSPS) is 11.6. The third kappa shape index (κ3) is 9.18. The largest absolute Gasteiger partial charge is 0.497 e. The lowest BCUT2D eigenvalue weighted by molar-refractivity contribution is -0.384. The summed E-state index contributed by atoms with van der Waals surface area (Å²) in [6, 6.07) is 26.0. The second kappa shape index (κ2) is 15.2. The van der Waals surface area contributed by atoms with Gasteiger partial charge in [0.15, 0.2) is 0 Å². The number of methoxy groups -OCH3 is 2. The molecule has 0 aliphatic rings. The molecule has 0 aliphatic carbocycles. The maximum Gasteiger partial charge on any atom is 0.272 e. The van der Waals surface area contributed by atoms with Gasteiger partial charge in [-0.1, -0.05) is 18.2 Å². The standard InChI is InChI=1S/C33H30N4O7S/c1-21(31(38)35-25-18-27(43-2)20-28(19-25)44-3)45-29-15-11-24(12-16-29)34-33(40)30(36-32(39)23-7-5-4-6-8-23)17-22-9-13-26(14-10-22)37(41)42/h4-21H,1-3H3,(H,34,40)(H,35,38)(H,36,39)/b30-17-. The van der Waals surface area contributed by atoms with Crippen molar-refractivity contribution in [2.24, 2.45) is 0 Å². The fourth-order valence-electron chi connectivity index (χ4n) is 4.00. The van der Waals surface area contributed by atoms with E-state index < -0.39 is 22.0 Å². The van der Waals surface area contributed by atoms with E-state index in [1.54, 1.807) is 79.7 Å². The fraction of sp³-hybridized carbons (Fsp3) is 0.121. The number of amides is 3. The van der Waals surface area contributed by atoms with Gasteiger partial charge in [0.25, 0.3) is 17.5 Å². The summed E-state index contributed by atoms with van der Waals surface area (Å²) in [5, 5.41) is 18.8. The van der Waals surface area contributed by atoms with Crippen molar-refractivity contribution in [3.63, 3.8) is 0 Å². The van der Waals surface area contributed by atoms with E-state index in [1.807, 2.05) is 0 Å². The second-order valence-electron chi connectivity index (χ2n) is 9.56. The predicted octanol–water partition coefficient (Wildman–Crippen LogP) is 6.14. The average molecular weight is 627 g/mol. The van der Waals surface area contributed by atoms with E-state index in [4.69, 9.17) is 9.47 Å². The van der Waals surface area contributed by atoms with Gasteiger partial charge in [-0.15, -0.1) is 11.8 Å². The summed E-state index contributed by atoms with van der Waals surface area (Å²) in [6.45, 7) is 1.78. The number of nitro groups is 1. The monoisotopic (exact) mass is 626 g/mol. The summed E-state index contributed by atoms with van der Waals surface area (Å²) in [5.41, 5.74) is 1.66. The minimum Gasteiger partial charge on any atom is -0.497 e. The average Bonchev–Trinajstić information content (AvgIpc) is 3.05. The summed E-state index contributed by atoms with van der Waals surface area (Å²) in [4.78, 5) is 50.3. The lowest BCUT2D eigenvalue weighted by atomic mass is 10.1. The lowest BCUT2D eigenvalue weighted by Crippen LogP contribution is -2.30. The van der Waals surface area contributed by atoms with Crippen molar-refractivity contribution < 1.29 is 28.8 Å². The first-order valence-electron chi connectivity index (χ1n) is 13.6. The zero-order chi connectivity index (χ0) is 32.3. The summed E-state index contributed by atoms with van der Waals surface area (Å²) >= 11 is 1.33. The van der Waals surface area contributed by atoms with Gasteiger partial charge >= 0.3 is 0 Å². The zero-order valence-corrected chi connectivity index (χ0v) is 25.4. The van der Waals surface area contributed by atoms with Crippen LogP contribution in [0.5, 0.6) is 11.5 Å². The van der Waals surface area contributed by atoms with Crippen LogP contribution in [0.25, 0.3) is 6.08 Å². The Morgan fingerprint density at radius 2 is 1.44 bits per heavy atom. The fourth-order valence-corrected chi connectivity index (χ4v) is 4.87. The smallest absolute Gasteiger partial charge is 0.272 e. The van der Waals surface area contributed by atoms with Gasteiger partial charge in [-0.25, -0.2) is 0 Å². The number of non-ortho nitro benzene ring substituents is 1. The number of thioether (sulfide) groups is 1. The molecule has 0 bridgehead atoms. The molecule has 0 aromatic heterocycles. The topological polar surface area (TPSA) is 149 Å². The van der Waals surface area contributed by atoms with E-state index in [1.165, 1.54) is 56.3 Å². The molecular formula is C33H30N4O7S. The van der Waals surface area contributed by atoms with Crippen LogP contribution in [0.3, 0.4) is 0 Å². The van der Waals surface area contributed by atoms with Crippen LogP contribution in [0.1, 0.15) is 22.8 Å². The molecule has 4 rings (SSSR count). The van der Waals surface area contributed by atoms with Crippen LogP contribution in [0.2, 0.25) is 0 Å². The Bertz CT molecular complexity index is 1690. The summed E-state index contributed by atoms with van der Waals surface area (Å²) in [7, 11) is 3.06. The molecule has 0 fully saturated rings. The number of hydrogen-bond donors (Lipinski definition) is 3. The van der Waals surface area contributed by atoms with Gasteiger partial charge in [-0.3, -0.25) is 24.5 Å². The predicted molar refractivity (Wildman–Crippen MR) is 174 cm³/mol. The van der Waals surface area contributed by atoms with Gasteiger partial charge < -0.3 is 25.4 Å². The van der Waals surface area contributed by atoms with Gasteiger partial charge in [0, 0.05) is 52.2 Å². The first kappa shape index (κ1) is 32.3. The number of carbonyl (C=O) groups is 3. The molecule has 0 spiro atoms. The molecule has 0 heterocycles. The van der Waals surface area contributed by atoms with Crippen LogP contribution >= 0.6 is 11.8 Å². The van der Waals surface area contributed by atoms with Gasteiger partial charge in [0.2, 0.25) is 5.91 Å². The molecule has 0 radical (unpaired) electrons. The molecule has 230 valence electrons. The number of rotatable bonds is 12. The number of nitrogens with one attached hydrogen (secondary N) is 3. The maximum absolute atomic E-state index is 13.3. The first-order valence-corrected chi connectivity index (χ1v) is 14.5. The molecule has 3 amide bonds. The van der Waals surface area contributed by atoms with E-state index in [2.05, 4.69) is 16.0 Å². The van der Waals surface area contributed by atoms with Crippen LogP contribution in [0, 0.1) is 10.1 Å². The lowest BCUT2D eigenvalue weighted by Gasteiger charge is -2.14. The van der Waals surface area contributed by atoms with Gasteiger partial charge in [-0.2, -0.15) is 0 Å². The first-order chi connectivity index (χ1) is 21.6. The van der Waals surface area contributed by atoms with Crippen molar-refractivity contribution in [3.05, 3.63) is 124 Å². The Morgan fingerprint density at radius 1 is 0.822 bits per heavy atom. The number of anilines is 2. The van der Waals surface area contributed by atoms with Crippen LogP contribution in [-0.2, 0) is 9.59 Å². The molecule has 12 heteroatoms. The Morgan fingerprint density at radius 3 is 2.02 bits per heavy atom. The zero-order valence-electron chi connectivity index (χ0n) is 24.6. The van der Waals surface area contributed by atoms with Crippen molar-refractivity contribution in [2.75, 3.05) is 24.9 Å². The Kier molecular flexibility index (Phi) is 10.9. The third-order valence-corrected chi connectivity index (χ3v) is 7.47.